The largest absolute Gasteiger partial charge is 0.366 e. The summed E-state index contributed by atoms with van der Waals surface area (Å²) in [7, 11) is 0. The quantitative estimate of drug-likeness (QED) is 0.540. The van der Waals surface area contributed by atoms with Gasteiger partial charge in [0.25, 0.3) is 0 Å². The van der Waals surface area contributed by atoms with Crippen molar-refractivity contribution in [2.75, 3.05) is 28.2 Å². The van der Waals surface area contributed by atoms with Gasteiger partial charge < -0.3 is 10.2 Å². The minimum absolute atomic E-state index is 0.0916. The molecule has 0 saturated carbocycles. The number of fused-ring (bicyclic) bond motifs is 4. The molecule has 158 valence electrons. The average Bonchev–Trinajstić information content (AvgIpc) is 3.49. The predicted molar refractivity (Wildman–Crippen MR) is 123 cm³/mol. The molecule has 1 atom stereocenters. The molecular weight excluding hydrogens is 402 g/mol. The highest BCUT2D eigenvalue weighted by molar-refractivity contribution is 6.04. The number of anilines is 3. The lowest BCUT2D eigenvalue weighted by Gasteiger charge is -2.35. The van der Waals surface area contributed by atoms with Gasteiger partial charge in [-0.05, 0) is 42.8 Å². The summed E-state index contributed by atoms with van der Waals surface area (Å²) in [6.07, 6.45) is 8.01. The second-order valence-corrected chi connectivity index (χ2v) is 7.98. The maximum atomic E-state index is 13.3. The van der Waals surface area contributed by atoms with Crippen LogP contribution in [0.25, 0.3) is 16.9 Å². The summed E-state index contributed by atoms with van der Waals surface area (Å²) in [5, 5.41) is 7.46. The number of hydrogen-bond donors (Lipinski definition) is 1. The molecule has 5 heterocycles. The second kappa shape index (κ2) is 7.49. The molecule has 0 aliphatic carbocycles. The highest BCUT2D eigenvalue weighted by Gasteiger charge is 2.40. The fraction of sp³-hybridized carbons (Fsp3) is 0.167. The summed E-state index contributed by atoms with van der Waals surface area (Å²) < 4.78 is 1.83. The molecule has 1 fully saturated rings. The first-order valence-corrected chi connectivity index (χ1v) is 10.6. The van der Waals surface area contributed by atoms with Crippen LogP contribution in [0.4, 0.5) is 22.0 Å². The van der Waals surface area contributed by atoms with Crippen LogP contribution in [0.5, 0.6) is 0 Å². The molecule has 2 aliphatic rings. The van der Waals surface area contributed by atoms with Crippen molar-refractivity contribution < 1.29 is 4.79 Å². The summed E-state index contributed by atoms with van der Waals surface area (Å²) in [6, 6.07) is 17.6. The van der Waals surface area contributed by atoms with E-state index < -0.39 is 0 Å². The Morgan fingerprint density at radius 1 is 1.03 bits per heavy atom. The molecule has 2 amide bonds. The highest BCUT2D eigenvalue weighted by Crippen LogP contribution is 2.40. The first kappa shape index (κ1) is 18.6. The maximum Gasteiger partial charge on any atom is 0.327 e. The maximum absolute atomic E-state index is 13.3. The number of urea groups is 1. The Balaban J connectivity index is 1.36. The van der Waals surface area contributed by atoms with E-state index in [1.54, 1.807) is 29.6 Å². The Morgan fingerprint density at radius 2 is 1.94 bits per heavy atom. The lowest BCUT2D eigenvalue weighted by molar-refractivity contribution is 0.255. The van der Waals surface area contributed by atoms with Crippen molar-refractivity contribution in [1.82, 2.24) is 19.7 Å². The van der Waals surface area contributed by atoms with Crippen LogP contribution in [-0.2, 0) is 0 Å². The fourth-order valence-electron chi connectivity index (χ4n) is 4.43. The van der Waals surface area contributed by atoms with E-state index in [1.165, 1.54) is 0 Å². The Morgan fingerprint density at radius 3 is 2.78 bits per heavy atom. The van der Waals surface area contributed by atoms with Gasteiger partial charge in [0.15, 0.2) is 5.82 Å². The van der Waals surface area contributed by atoms with E-state index >= 15 is 0 Å². The lowest BCUT2D eigenvalue weighted by Crippen LogP contribution is -2.48. The van der Waals surface area contributed by atoms with Crippen LogP contribution in [0.2, 0.25) is 0 Å². The van der Waals surface area contributed by atoms with Gasteiger partial charge in [-0.15, -0.1) is 0 Å². The van der Waals surface area contributed by atoms with Crippen molar-refractivity contribution in [3.63, 3.8) is 0 Å². The summed E-state index contributed by atoms with van der Waals surface area (Å²) in [5.41, 5.74) is 4.32. The first-order chi connectivity index (χ1) is 15.8. The number of benzene rings is 1. The van der Waals surface area contributed by atoms with Crippen LogP contribution in [0.3, 0.4) is 0 Å². The topological polar surface area (TPSA) is 79.2 Å². The molecule has 1 N–H and O–H groups in total. The summed E-state index contributed by atoms with van der Waals surface area (Å²) >= 11 is 0. The molecule has 6 rings (SSSR count). The zero-order valence-corrected chi connectivity index (χ0v) is 17.3. The van der Waals surface area contributed by atoms with Crippen molar-refractivity contribution in [1.29, 1.82) is 0 Å². The molecule has 8 nitrogen and oxygen atoms in total. The van der Waals surface area contributed by atoms with E-state index in [9.17, 15) is 4.79 Å². The molecule has 8 heteroatoms. The molecule has 0 radical (unpaired) electrons. The van der Waals surface area contributed by atoms with E-state index in [-0.39, 0.29) is 12.1 Å². The van der Waals surface area contributed by atoms with Gasteiger partial charge in [-0.25, -0.2) is 14.5 Å². The van der Waals surface area contributed by atoms with Crippen molar-refractivity contribution in [3.05, 3.63) is 79.4 Å². The highest BCUT2D eigenvalue weighted by atomic mass is 16.2. The van der Waals surface area contributed by atoms with Gasteiger partial charge in [-0.2, -0.15) is 5.10 Å². The van der Waals surface area contributed by atoms with Crippen LogP contribution < -0.4 is 15.1 Å². The van der Waals surface area contributed by atoms with Gasteiger partial charge in [0, 0.05) is 31.0 Å². The zero-order chi connectivity index (χ0) is 21.5. The van der Waals surface area contributed by atoms with Crippen LogP contribution in [0, 0.1) is 0 Å². The van der Waals surface area contributed by atoms with Crippen LogP contribution >= 0.6 is 0 Å². The number of amides is 2. The van der Waals surface area contributed by atoms with Gasteiger partial charge in [0.2, 0.25) is 0 Å². The number of para-hydroxylation sites is 1. The van der Waals surface area contributed by atoms with E-state index in [1.807, 2.05) is 53.3 Å². The number of carbonyl (C=O) groups is 1. The molecule has 2 aliphatic heterocycles. The zero-order valence-electron chi connectivity index (χ0n) is 17.3. The second-order valence-electron chi connectivity index (χ2n) is 7.98. The monoisotopic (exact) mass is 423 g/mol. The number of aromatic nitrogens is 4. The van der Waals surface area contributed by atoms with Crippen molar-refractivity contribution in [2.24, 2.45) is 0 Å². The van der Waals surface area contributed by atoms with Crippen LogP contribution in [0.1, 0.15) is 6.42 Å². The van der Waals surface area contributed by atoms with Gasteiger partial charge >= 0.3 is 6.03 Å². The number of pyridine rings is 2. The van der Waals surface area contributed by atoms with Crippen molar-refractivity contribution >= 4 is 23.2 Å². The SMILES string of the molecule is O=C(Nc1cccnc1)N1c2nc(-c3cnn(-c4ccccc4)c3)ccc2N2CC[C@H]1C2. The minimum Gasteiger partial charge on any atom is -0.366 e. The Labute approximate surface area is 185 Å². The summed E-state index contributed by atoms with van der Waals surface area (Å²) in [5.74, 6) is 0.685. The molecule has 1 aromatic carbocycles. The average molecular weight is 423 g/mol. The van der Waals surface area contributed by atoms with E-state index in [0.29, 0.717) is 11.5 Å². The molecular formula is C24H21N7O. The van der Waals surface area contributed by atoms with Gasteiger partial charge in [-0.3, -0.25) is 9.88 Å². The molecule has 2 bridgehead atoms. The molecule has 4 aromatic rings. The van der Waals surface area contributed by atoms with Crippen molar-refractivity contribution in [2.45, 2.75) is 12.5 Å². The number of carbonyl (C=O) groups excluding carboxylic acids is 1. The van der Waals surface area contributed by atoms with Crippen LogP contribution in [0.15, 0.2) is 79.4 Å². The number of rotatable bonds is 3. The van der Waals surface area contributed by atoms with E-state index in [0.717, 1.165) is 42.1 Å². The third-order valence-electron chi connectivity index (χ3n) is 5.98. The summed E-state index contributed by atoms with van der Waals surface area (Å²) in [6.45, 7) is 1.74. The van der Waals surface area contributed by atoms with E-state index in [4.69, 9.17) is 4.98 Å². The molecule has 1 saturated heterocycles. The number of nitrogens with one attached hydrogen (secondary N) is 1. The Kier molecular flexibility index (Phi) is 4.34. The molecule has 32 heavy (non-hydrogen) atoms. The van der Waals surface area contributed by atoms with E-state index in [2.05, 4.69) is 26.4 Å². The predicted octanol–water partition coefficient (Wildman–Crippen LogP) is 3.96. The molecule has 0 unspecified atom stereocenters. The molecule has 3 aromatic heterocycles. The Bertz CT molecular complexity index is 1270. The minimum atomic E-state index is -0.185. The smallest absolute Gasteiger partial charge is 0.327 e. The third kappa shape index (κ3) is 3.17. The standard InChI is InChI=1S/C24H21N7O/c32-24(27-18-5-4-11-25-14-18)31-20-10-12-29(16-20)22-9-8-21(28-23(22)31)17-13-26-30(15-17)19-6-2-1-3-7-19/h1-9,11,13-15,20H,10,12,16H2,(H,27,32)/t20-/m0/s1. The molecule has 0 spiro atoms. The van der Waals surface area contributed by atoms with Gasteiger partial charge in [0.1, 0.15) is 0 Å². The number of nitrogens with zero attached hydrogens (tertiary/aromatic N) is 6. The normalized spacial score (nSPS) is 16.7. The van der Waals surface area contributed by atoms with Crippen LogP contribution in [-0.4, -0.2) is 44.9 Å². The van der Waals surface area contributed by atoms with Gasteiger partial charge in [-0.1, -0.05) is 18.2 Å². The van der Waals surface area contributed by atoms with Crippen molar-refractivity contribution in [3.8, 4) is 16.9 Å². The first-order valence-electron chi connectivity index (χ1n) is 10.6. The number of hydrogen-bond acceptors (Lipinski definition) is 5. The Hall–Kier alpha value is -4.20. The summed E-state index contributed by atoms with van der Waals surface area (Å²) in [4.78, 5) is 26.4. The fourth-order valence-corrected chi connectivity index (χ4v) is 4.43. The lowest BCUT2D eigenvalue weighted by atomic mass is 10.1. The van der Waals surface area contributed by atoms with Gasteiger partial charge in [0.05, 0.1) is 41.2 Å². The third-order valence-corrected chi connectivity index (χ3v) is 5.98.